The third-order valence-electron chi connectivity index (χ3n) is 4.15. The fourth-order valence-electron chi connectivity index (χ4n) is 3.17. The molecule has 0 aromatic carbocycles. The number of hydrogen-bond donors (Lipinski definition) is 1. The van der Waals surface area contributed by atoms with Crippen LogP contribution in [-0.4, -0.2) is 49.2 Å². The van der Waals surface area contributed by atoms with Gasteiger partial charge in [-0.3, -0.25) is 4.79 Å². The van der Waals surface area contributed by atoms with E-state index in [1.54, 1.807) is 0 Å². The van der Waals surface area contributed by atoms with Gasteiger partial charge in [0.25, 0.3) is 0 Å². The van der Waals surface area contributed by atoms with Gasteiger partial charge in [0.2, 0.25) is 5.91 Å². The molecular weight excluding hydrogens is 228 g/mol. The molecule has 2 aliphatic rings. The normalized spacial score (nSPS) is 31.8. The molecule has 0 radical (unpaired) electrons. The highest BCUT2D eigenvalue weighted by atomic mass is 16.5. The zero-order valence-corrected chi connectivity index (χ0v) is 11.7. The van der Waals surface area contributed by atoms with Gasteiger partial charge in [0.15, 0.2) is 0 Å². The van der Waals surface area contributed by atoms with Crippen LogP contribution >= 0.6 is 0 Å². The van der Waals surface area contributed by atoms with Crippen LogP contribution in [-0.2, 0) is 9.53 Å². The van der Waals surface area contributed by atoms with Crippen LogP contribution in [0, 0.1) is 5.92 Å². The summed E-state index contributed by atoms with van der Waals surface area (Å²) in [5.74, 6) is 0.428. The van der Waals surface area contributed by atoms with Gasteiger partial charge in [0.1, 0.15) is 0 Å². The highest BCUT2D eigenvalue weighted by molar-refractivity contribution is 5.80. The van der Waals surface area contributed by atoms with E-state index in [4.69, 9.17) is 4.74 Å². The fourth-order valence-corrected chi connectivity index (χ4v) is 3.17. The molecule has 18 heavy (non-hydrogen) atoms. The number of nitrogens with one attached hydrogen (secondary N) is 1. The molecule has 2 heterocycles. The first kappa shape index (κ1) is 13.8. The van der Waals surface area contributed by atoms with Crippen LogP contribution in [0.15, 0.2) is 0 Å². The minimum atomic E-state index is 0.0992. The molecule has 0 aromatic heterocycles. The molecule has 0 bridgehead atoms. The first-order valence-electron chi connectivity index (χ1n) is 7.40. The van der Waals surface area contributed by atoms with Crippen molar-refractivity contribution in [2.45, 2.75) is 51.7 Å². The average Bonchev–Trinajstić information content (AvgIpc) is 3.05. The SMILES string of the molecule is CCCN(C(=O)C1CCOC1CC)C1CCNC1. The summed E-state index contributed by atoms with van der Waals surface area (Å²) in [4.78, 5) is 14.8. The molecule has 1 N–H and O–H groups in total. The molecule has 3 unspecified atom stereocenters. The smallest absolute Gasteiger partial charge is 0.228 e. The van der Waals surface area contributed by atoms with Crippen molar-refractivity contribution in [3.05, 3.63) is 0 Å². The molecule has 3 atom stereocenters. The Bertz CT molecular complexity index is 277. The lowest BCUT2D eigenvalue weighted by molar-refractivity contribution is -0.139. The number of rotatable bonds is 5. The lowest BCUT2D eigenvalue weighted by Gasteiger charge is -2.31. The molecule has 2 fully saturated rings. The molecule has 104 valence electrons. The first-order chi connectivity index (χ1) is 8.77. The second-order valence-electron chi connectivity index (χ2n) is 5.39. The van der Waals surface area contributed by atoms with E-state index in [1.807, 2.05) is 0 Å². The summed E-state index contributed by atoms with van der Waals surface area (Å²) in [7, 11) is 0. The van der Waals surface area contributed by atoms with Crippen molar-refractivity contribution in [3.8, 4) is 0 Å². The highest BCUT2D eigenvalue weighted by Gasteiger charge is 2.37. The number of amides is 1. The summed E-state index contributed by atoms with van der Waals surface area (Å²) in [6, 6.07) is 0.399. The van der Waals surface area contributed by atoms with E-state index >= 15 is 0 Å². The number of carbonyl (C=O) groups is 1. The van der Waals surface area contributed by atoms with Crippen molar-refractivity contribution >= 4 is 5.91 Å². The van der Waals surface area contributed by atoms with Crippen molar-refractivity contribution in [1.82, 2.24) is 10.2 Å². The van der Waals surface area contributed by atoms with E-state index in [-0.39, 0.29) is 12.0 Å². The maximum absolute atomic E-state index is 12.7. The standard InChI is InChI=1S/C14H26N2O2/c1-3-8-16(11-5-7-15-10-11)14(17)12-6-9-18-13(12)4-2/h11-13,15H,3-10H2,1-2H3. The molecule has 0 aliphatic carbocycles. The van der Waals surface area contributed by atoms with E-state index < -0.39 is 0 Å². The topological polar surface area (TPSA) is 41.6 Å². The molecular formula is C14H26N2O2. The van der Waals surface area contributed by atoms with Crippen LogP contribution in [0.1, 0.15) is 39.5 Å². The minimum Gasteiger partial charge on any atom is -0.377 e. The van der Waals surface area contributed by atoms with E-state index in [2.05, 4.69) is 24.1 Å². The molecule has 2 saturated heterocycles. The molecule has 0 saturated carbocycles. The van der Waals surface area contributed by atoms with Crippen LogP contribution in [0.2, 0.25) is 0 Å². The fraction of sp³-hybridized carbons (Fsp3) is 0.929. The van der Waals surface area contributed by atoms with E-state index in [9.17, 15) is 4.79 Å². The maximum Gasteiger partial charge on any atom is 0.228 e. The monoisotopic (exact) mass is 254 g/mol. The Morgan fingerprint density at radius 3 is 2.83 bits per heavy atom. The van der Waals surface area contributed by atoms with Crippen LogP contribution in [0.25, 0.3) is 0 Å². The number of ether oxygens (including phenoxy) is 1. The second-order valence-corrected chi connectivity index (χ2v) is 5.39. The van der Waals surface area contributed by atoms with Crippen LogP contribution in [0.3, 0.4) is 0 Å². The summed E-state index contributed by atoms with van der Waals surface area (Å²) in [5, 5.41) is 3.36. The Labute approximate surface area is 110 Å². The minimum absolute atomic E-state index is 0.0992. The van der Waals surface area contributed by atoms with Gasteiger partial charge in [-0.05, 0) is 32.2 Å². The molecule has 0 aromatic rings. The maximum atomic E-state index is 12.7. The molecule has 4 heteroatoms. The Hall–Kier alpha value is -0.610. The Balaban J connectivity index is 2.02. The third-order valence-corrected chi connectivity index (χ3v) is 4.15. The van der Waals surface area contributed by atoms with Gasteiger partial charge in [-0.2, -0.15) is 0 Å². The van der Waals surface area contributed by atoms with Gasteiger partial charge >= 0.3 is 0 Å². The van der Waals surface area contributed by atoms with E-state index in [1.165, 1.54) is 0 Å². The predicted molar refractivity (Wildman–Crippen MR) is 71.4 cm³/mol. The zero-order valence-electron chi connectivity index (χ0n) is 11.7. The second kappa shape index (κ2) is 6.53. The lowest BCUT2D eigenvalue weighted by Crippen LogP contribution is -2.46. The highest BCUT2D eigenvalue weighted by Crippen LogP contribution is 2.27. The van der Waals surface area contributed by atoms with Gasteiger partial charge < -0.3 is 15.0 Å². The van der Waals surface area contributed by atoms with E-state index in [0.717, 1.165) is 51.9 Å². The largest absolute Gasteiger partial charge is 0.377 e. The summed E-state index contributed by atoms with van der Waals surface area (Å²) >= 11 is 0. The lowest BCUT2D eigenvalue weighted by atomic mass is 9.97. The van der Waals surface area contributed by atoms with Crippen molar-refractivity contribution < 1.29 is 9.53 Å². The predicted octanol–water partition coefficient (Wildman–Crippen LogP) is 1.40. The first-order valence-corrected chi connectivity index (χ1v) is 7.40. The summed E-state index contributed by atoms with van der Waals surface area (Å²) in [6.45, 7) is 7.88. The molecule has 4 nitrogen and oxygen atoms in total. The molecule has 2 aliphatic heterocycles. The van der Waals surface area contributed by atoms with Crippen molar-refractivity contribution in [2.24, 2.45) is 5.92 Å². The molecule has 0 spiro atoms. The van der Waals surface area contributed by atoms with E-state index in [0.29, 0.717) is 11.9 Å². The zero-order chi connectivity index (χ0) is 13.0. The average molecular weight is 254 g/mol. The Kier molecular flexibility index (Phi) is 5.01. The van der Waals surface area contributed by atoms with Crippen molar-refractivity contribution in [3.63, 3.8) is 0 Å². The molecule has 1 amide bonds. The molecule has 2 rings (SSSR count). The van der Waals surface area contributed by atoms with Crippen LogP contribution < -0.4 is 5.32 Å². The van der Waals surface area contributed by atoms with Crippen LogP contribution in [0.5, 0.6) is 0 Å². The number of hydrogen-bond acceptors (Lipinski definition) is 3. The van der Waals surface area contributed by atoms with Gasteiger partial charge in [0.05, 0.1) is 12.0 Å². The van der Waals surface area contributed by atoms with Crippen LogP contribution in [0.4, 0.5) is 0 Å². The van der Waals surface area contributed by atoms with Gasteiger partial charge in [-0.15, -0.1) is 0 Å². The summed E-state index contributed by atoms with van der Waals surface area (Å²) in [5.41, 5.74) is 0. The van der Waals surface area contributed by atoms with Crippen molar-refractivity contribution in [2.75, 3.05) is 26.2 Å². The van der Waals surface area contributed by atoms with Gasteiger partial charge in [-0.25, -0.2) is 0 Å². The summed E-state index contributed by atoms with van der Waals surface area (Å²) < 4.78 is 5.66. The number of carbonyl (C=O) groups excluding carboxylic acids is 1. The van der Waals surface area contributed by atoms with Gasteiger partial charge in [0, 0.05) is 25.7 Å². The quantitative estimate of drug-likeness (QED) is 0.806. The van der Waals surface area contributed by atoms with Gasteiger partial charge in [-0.1, -0.05) is 13.8 Å². The Morgan fingerprint density at radius 1 is 1.39 bits per heavy atom. The van der Waals surface area contributed by atoms with Crippen molar-refractivity contribution in [1.29, 1.82) is 0 Å². The number of nitrogens with zero attached hydrogens (tertiary/aromatic N) is 1. The third kappa shape index (κ3) is 2.86. The Morgan fingerprint density at radius 2 is 2.22 bits per heavy atom. The summed E-state index contributed by atoms with van der Waals surface area (Å²) in [6.07, 6.45) is 4.12.